The van der Waals surface area contributed by atoms with Crippen LogP contribution < -0.4 is 16.0 Å². The van der Waals surface area contributed by atoms with Gasteiger partial charge in [0, 0.05) is 25.2 Å². The summed E-state index contributed by atoms with van der Waals surface area (Å²) in [5, 5.41) is 10.1. The molecule has 7 heteroatoms. The van der Waals surface area contributed by atoms with E-state index in [-0.39, 0.29) is 17.8 Å². The lowest BCUT2D eigenvalue weighted by molar-refractivity contribution is 0.0997. The molecule has 0 aromatic heterocycles. The van der Waals surface area contributed by atoms with Gasteiger partial charge in [-0.15, -0.1) is 0 Å². The number of amides is 2. The van der Waals surface area contributed by atoms with Gasteiger partial charge in [0.25, 0.3) is 0 Å². The molecule has 2 heterocycles. The van der Waals surface area contributed by atoms with Gasteiger partial charge in [-0.2, -0.15) is 0 Å². The van der Waals surface area contributed by atoms with Crippen LogP contribution in [0.3, 0.4) is 0 Å². The molecule has 6 nitrogen and oxygen atoms in total. The van der Waals surface area contributed by atoms with Gasteiger partial charge >= 0.3 is 6.03 Å². The molecule has 2 aliphatic heterocycles. The summed E-state index contributed by atoms with van der Waals surface area (Å²) in [5.41, 5.74) is -0.0157. The smallest absolute Gasteiger partial charge is 0.316 e. The third kappa shape index (κ3) is 4.79. The van der Waals surface area contributed by atoms with Crippen LogP contribution in [-0.4, -0.2) is 52.2 Å². The molecule has 30 heavy (non-hydrogen) atoms. The molecule has 4 atom stereocenters. The number of rotatable bonds is 5. The molecule has 0 spiro atoms. The van der Waals surface area contributed by atoms with E-state index in [4.69, 9.17) is 0 Å². The third-order valence-corrected chi connectivity index (χ3v) is 9.44. The van der Waals surface area contributed by atoms with Gasteiger partial charge in [-0.1, -0.05) is 51.4 Å². The van der Waals surface area contributed by atoms with E-state index in [0.29, 0.717) is 18.0 Å². The number of nitrogens with one attached hydrogen (secondary N) is 3. The van der Waals surface area contributed by atoms with Crippen molar-refractivity contribution in [3.05, 3.63) is 0 Å². The highest BCUT2D eigenvalue weighted by Crippen LogP contribution is 2.44. The van der Waals surface area contributed by atoms with Crippen LogP contribution in [0.1, 0.15) is 89.9 Å². The lowest BCUT2D eigenvalue weighted by atomic mass is 9.87. The molecule has 0 bridgehead atoms. The van der Waals surface area contributed by atoms with E-state index < -0.39 is 0 Å². The van der Waals surface area contributed by atoms with Crippen LogP contribution in [0.4, 0.5) is 4.79 Å². The molecule has 5 rings (SSSR count). The largest absolute Gasteiger partial charge is 0.338 e. The fourth-order valence-electron chi connectivity index (χ4n) is 6.65. The maximum absolute atomic E-state index is 12.5. The van der Waals surface area contributed by atoms with E-state index in [9.17, 15) is 4.79 Å². The fourth-order valence-corrected chi connectivity index (χ4v) is 7.93. The summed E-state index contributed by atoms with van der Waals surface area (Å²) in [7, 11) is 0. The molecule has 0 aromatic rings. The number of nitrogens with zero attached hydrogens (tertiary/aromatic N) is 2. The Labute approximate surface area is 186 Å². The first-order valence-corrected chi connectivity index (χ1v) is 13.6. The Hall–Kier alpha value is -0.500. The summed E-state index contributed by atoms with van der Waals surface area (Å²) >= 11 is 1.83. The average molecular weight is 436 g/mol. The minimum Gasteiger partial charge on any atom is -0.338 e. The third-order valence-electron chi connectivity index (χ3n) is 8.26. The lowest BCUT2D eigenvalue weighted by Crippen LogP contribution is -2.53. The number of carbonyl (C=O) groups is 1. The maximum atomic E-state index is 12.5. The molecule has 3 aliphatic carbocycles. The zero-order chi connectivity index (χ0) is 20.3. The monoisotopic (exact) mass is 435 g/mol. The minimum absolute atomic E-state index is 0.00854. The molecular formula is C23H41N5OS. The normalized spacial score (nSPS) is 36.4. The molecule has 0 aromatic carbocycles. The standard InChI is InChI=1S/C23H41N5OS/c29-21(24-15-17-9-3-1-4-10-17)25-22-26-23-27(16-18-11-5-2-6-12-18)19-13-7-8-14-20(19)28(23)30-22/h17-20,22-23,26H,1-16H2,(H2,24,25,29). The molecule has 170 valence electrons. The second kappa shape index (κ2) is 9.97. The minimum atomic E-state index is -0.0157. The Balaban J connectivity index is 1.16. The van der Waals surface area contributed by atoms with Crippen LogP contribution in [-0.2, 0) is 0 Å². The summed E-state index contributed by atoms with van der Waals surface area (Å²) in [6, 6.07) is 1.33. The van der Waals surface area contributed by atoms with Gasteiger partial charge in [0.2, 0.25) is 0 Å². The highest BCUT2D eigenvalue weighted by molar-refractivity contribution is 7.97. The van der Waals surface area contributed by atoms with Crippen molar-refractivity contribution >= 4 is 18.0 Å². The number of hydrogen-bond acceptors (Lipinski definition) is 5. The van der Waals surface area contributed by atoms with Crippen molar-refractivity contribution in [1.29, 1.82) is 0 Å². The highest BCUT2D eigenvalue weighted by atomic mass is 32.2. The summed E-state index contributed by atoms with van der Waals surface area (Å²) in [6.07, 6.45) is 19.3. The van der Waals surface area contributed by atoms with Crippen molar-refractivity contribution in [2.75, 3.05) is 13.1 Å². The summed E-state index contributed by atoms with van der Waals surface area (Å²) in [6.45, 7) is 2.06. The van der Waals surface area contributed by atoms with Crippen molar-refractivity contribution in [3.8, 4) is 0 Å². The Morgan fingerprint density at radius 1 is 0.833 bits per heavy atom. The predicted octanol–water partition coefficient (Wildman–Crippen LogP) is 4.19. The topological polar surface area (TPSA) is 59.6 Å². The molecule has 0 radical (unpaired) electrons. The van der Waals surface area contributed by atoms with Gasteiger partial charge < -0.3 is 10.6 Å². The summed E-state index contributed by atoms with van der Waals surface area (Å²) < 4.78 is 2.60. The van der Waals surface area contributed by atoms with Crippen molar-refractivity contribution in [3.63, 3.8) is 0 Å². The zero-order valence-electron chi connectivity index (χ0n) is 18.5. The first-order chi connectivity index (χ1) is 14.8. The Morgan fingerprint density at radius 3 is 2.20 bits per heavy atom. The molecule has 3 saturated carbocycles. The van der Waals surface area contributed by atoms with Gasteiger partial charge in [0.15, 0.2) is 0 Å². The lowest BCUT2D eigenvalue weighted by Gasteiger charge is -2.36. The van der Waals surface area contributed by atoms with Gasteiger partial charge in [-0.05, 0) is 62.3 Å². The second-order valence-corrected chi connectivity index (χ2v) is 11.5. The molecular weight excluding hydrogens is 394 g/mol. The first kappa shape index (κ1) is 21.4. The molecule has 3 N–H and O–H groups in total. The Kier molecular flexibility index (Phi) is 7.09. The number of fused-ring (bicyclic) bond motifs is 3. The van der Waals surface area contributed by atoms with Crippen LogP contribution in [0.25, 0.3) is 0 Å². The Morgan fingerprint density at radius 2 is 1.47 bits per heavy atom. The van der Waals surface area contributed by atoms with Crippen molar-refractivity contribution in [2.45, 2.75) is 114 Å². The van der Waals surface area contributed by atoms with Gasteiger partial charge in [0.1, 0.15) is 11.8 Å². The van der Waals surface area contributed by atoms with E-state index in [1.54, 1.807) is 0 Å². The number of urea groups is 1. The average Bonchev–Trinajstić information content (AvgIpc) is 3.32. The van der Waals surface area contributed by atoms with Crippen LogP contribution in [0, 0.1) is 11.8 Å². The van der Waals surface area contributed by atoms with Crippen LogP contribution >= 0.6 is 11.9 Å². The van der Waals surface area contributed by atoms with E-state index >= 15 is 0 Å². The summed E-state index contributed by atoms with van der Waals surface area (Å²) in [5.74, 6) is 1.53. The molecule has 4 unspecified atom stereocenters. The first-order valence-electron chi connectivity index (χ1n) is 12.8. The van der Waals surface area contributed by atoms with Crippen LogP contribution in [0.2, 0.25) is 0 Å². The van der Waals surface area contributed by atoms with Crippen molar-refractivity contribution in [1.82, 2.24) is 25.2 Å². The van der Waals surface area contributed by atoms with Crippen LogP contribution in [0.15, 0.2) is 0 Å². The van der Waals surface area contributed by atoms with E-state index in [0.717, 1.165) is 12.5 Å². The van der Waals surface area contributed by atoms with Gasteiger partial charge in [-0.25, -0.2) is 9.10 Å². The highest BCUT2D eigenvalue weighted by Gasteiger charge is 2.53. The molecule has 5 aliphatic rings. The molecule has 2 saturated heterocycles. The van der Waals surface area contributed by atoms with E-state index in [2.05, 4.69) is 25.2 Å². The fraction of sp³-hybridized carbons (Fsp3) is 0.957. The SMILES string of the molecule is O=C(NCC1CCCCC1)NC1NC2N(CC3CCCCC3)C3CCCCC3N2S1. The maximum Gasteiger partial charge on any atom is 0.316 e. The van der Waals surface area contributed by atoms with E-state index in [1.165, 1.54) is 96.4 Å². The van der Waals surface area contributed by atoms with Gasteiger partial charge in [-0.3, -0.25) is 10.2 Å². The molecule has 2 amide bonds. The van der Waals surface area contributed by atoms with E-state index in [1.807, 2.05) is 11.9 Å². The number of carbonyl (C=O) groups excluding carboxylic acids is 1. The Bertz CT molecular complexity index is 580. The van der Waals surface area contributed by atoms with Crippen molar-refractivity contribution < 1.29 is 4.79 Å². The predicted molar refractivity (Wildman–Crippen MR) is 123 cm³/mol. The number of hydrogen-bond donors (Lipinski definition) is 3. The summed E-state index contributed by atoms with van der Waals surface area (Å²) in [4.78, 5) is 15.3. The van der Waals surface area contributed by atoms with Gasteiger partial charge in [0.05, 0.1) is 0 Å². The second-order valence-electron chi connectivity index (χ2n) is 10.4. The van der Waals surface area contributed by atoms with Crippen LogP contribution in [0.5, 0.6) is 0 Å². The quantitative estimate of drug-likeness (QED) is 0.565. The van der Waals surface area contributed by atoms with Crippen molar-refractivity contribution in [2.24, 2.45) is 11.8 Å². The molecule has 5 fully saturated rings. The zero-order valence-corrected chi connectivity index (χ0v) is 19.3.